The largest absolute Gasteiger partial charge is 0.472 e. The van der Waals surface area contributed by atoms with Crippen molar-refractivity contribution in [2.75, 3.05) is 0 Å². The van der Waals surface area contributed by atoms with Crippen molar-refractivity contribution >= 4 is 38.6 Å². The maximum atomic E-state index is 13.7. The number of halogens is 3. The van der Waals surface area contributed by atoms with E-state index in [2.05, 4.69) is 20.9 Å². The molecular weight excluding hydrogens is 335 g/mol. The van der Waals surface area contributed by atoms with E-state index in [-0.39, 0.29) is 11.7 Å². The van der Waals surface area contributed by atoms with E-state index in [0.29, 0.717) is 22.4 Å². The number of nitrogens with zero attached hydrogens (tertiary/aromatic N) is 2. The van der Waals surface area contributed by atoms with Gasteiger partial charge in [-0.2, -0.15) is 0 Å². The zero-order valence-electron chi connectivity index (χ0n) is 9.74. The Hall–Kier alpha value is -1.33. The fourth-order valence-electron chi connectivity index (χ4n) is 2.01. The normalized spacial score (nSPS) is 11.3. The lowest BCUT2D eigenvalue weighted by Gasteiger charge is -2.06. The molecule has 0 N–H and O–H groups in total. The summed E-state index contributed by atoms with van der Waals surface area (Å²) >= 11 is 9.07. The van der Waals surface area contributed by atoms with Crippen LogP contribution in [0.2, 0.25) is 0 Å². The lowest BCUT2D eigenvalue weighted by Crippen LogP contribution is -2.03. The van der Waals surface area contributed by atoms with Gasteiger partial charge in [-0.1, -0.05) is 0 Å². The lowest BCUT2D eigenvalue weighted by molar-refractivity contribution is 0.562. The Bertz CT molecular complexity index is 724. The smallest absolute Gasteiger partial charge is 0.139 e. The molecular formula is C13H9BrClFN2O. The molecule has 6 heteroatoms. The van der Waals surface area contributed by atoms with Gasteiger partial charge in [-0.05, 0) is 28.1 Å². The molecule has 3 nitrogen and oxygen atoms in total. The van der Waals surface area contributed by atoms with Crippen molar-refractivity contribution in [1.82, 2.24) is 9.55 Å². The minimum atomic E-state index is -0.318. The van der Waals surface area contributed by atoms with Gasteiger partial charge in [0, 0.05) is 11.6 Å². The van der Waals surface area contributed by atoms with E-state index < -0.39 is 0 Å². The standard InChI is InChI=1S/C13H9BrClFN2O/c14-9-3-11-12(4-10(9)16)18(13(5-15)17-11)6-8-1-2-19-7-8/h1-4,7H,5-6H2. The molecule has 0 radical (unpaired) electrons. The summed E-state index contributed by atoms with van der Waals surface area (Å²) in [5.74, 6) is 0.656. The van der Waals surface area contributed by atoms with Gasteiger partial charge >= 0.3 is 0 Å². The highest BCUT2D eigenvalue weighted by Crippen LogP contribution is 2.25. The molecule has 2 aromatic heterocycles. The third kappa shape index (κ3) is 2.28. The summed E-state index contributed by atoms with van der Waals surface area (Å²) in [6, 6.07) is 4.98. The number of imidazole rings is 1. The number of alkyl halides is 1. The summed E-state index contributed by atoms with van der Waals surface area (Å²) < 4.78 is 21.0. The number of hydrogen-bond donors (Lipinski definition) is 0. The molecule has 0 atom stereocenters. The number of aromatic nitrogens is 2. The van der Waals surface area contributed by atoms with Crippen molar-refractivity contribution < 1.29 is 8.81 Å². The first kappa shape index (κ1) is 12.7. The number of hydrogen-bond acceptors (Lipinski definition) is 2. The predicted molar refractivity (Wildman–Crippen MR) is 74.8 cm³/mol. The van der Waals surface area contributed by atoms with Gasteiger partial charge in [0.2, 0.25) is 0 Å². The number of fused-ring (bicyclic) bond motifs is 1. The highest BCUT2D eigenvalue weighted by molar-refractivity contribution is 9.10. The minimum absolute atomic E-state index is 0.270. The van der Waals surface area contributed by atoms with Gasteiger partial charge in [-0.25, -0.2) is 9.37 Å². The van der Waals surface area contributed by atoms with Crippen molar-refractivity contribution in [3.8, 4) is 0 Å². The Labute approximate surface area is 122 Å². The second kappa shape index (κ2) is 4.98. The molecule has 0 fully saturated rings. The first-order valence-corrected chi connectivity index (χ1v) is 6.93. The lowest BCUT2D eigenvalue weighted by atomic mass is 10.3. The molecule has 0 saturated carbocycles. The van der Waals surface area contributed by atoms with Crippen LogP contribution in [0.3, 0.4) is 0 Å². The Morgan fingerprint density at radius 2 is 2.26 bits per heavy atom. The van der Waals surface area contributed by atoms with Crippen LogP contribution in [0, 0.1) is 5.82 Å². The van der Waals surface area contributed by atoms with Crippen LogP contribution in [0.15, 0.2) is 39.6 Å². The molecule has 0 spiro atoms. The van der Waals surface area contributed by atoms with Crippen molar-refractivity contribution in [3.63, 3.8) is 0 Å². The molecule has 1 aromatic carbocycles. The Morgan fingerprint density at radius 1 is 1.42 bits per heavy atom. The van der Waals surface area contributed by atoms with E-state index in [9.17, 15) is 4.39 Å². The summed E-state index contributed by atoms with van der Waals surface area (Å²) in [5, 5.41) is 0. The molecule has 0 saturated heterocycles. The van der Waals surface area contributed by atoms with Crippen LogP contribution >= 0.6 is 27.5 Å². The first-order valence-electron chi connectivity index (χ1n) is 5.60. The second-order valence-electron chi connectivity index (χ2n) is 4.13. The molecule has 0 aliphatic carbocycles. The third-order valence-corrected chi connectivity index (χ3v) is 3.76. The van der Waals surface area contributed by atoms with E-state index in [1.165, 1.54) is 6.07 Å². The van der Waals surface area contributed by atoms with Crippen LogP contribution in [0.25, 0.3) is 11.0 Å². The van der Waals surface area contributed by atoms with Gasteiger partial charge in [0.25, 0.3) is 0 Å². The Balaban J connectivity index is 2.17. The summed E-state index contributed by atoms with van der Waals surface area (Å²) in [6.07, 6.45) is 3.26. The molecule has 3 aromatic rings. The van der Waals surface area contributed by atoms with Crippen LogP contribution < -0.4 is 0 Å². The number of furan rings is 1. The molecule has 0 aliphatic heterocycles. The summed E-state index contributed by atoms with van der Waals surface area (Å²) in [6.45, 7) is 0.552. The quantitative estimate of drug-likeness (QED) is 0.663. The topological polar surface area (TPSA) is 31.0 Å². The zero-order valence-corrected chi connectivity index (χ0v) is 12.1. The molecule has 98 valence electrons. The van der Waals surface area contributed by atoms with Gasteiger partial charge in [-0.15, -0.1) is 11.6 Å². The zero-order chi connectivity index (χ0) is 13.4. The molecule has 0 aliphatic rings. The average molecular weight is 344 g/mol. The molecule has 19 heavy (non-hydrogen) atoms. The average Bonchev–Trinajstić information content (AvgIpc) is 3.00. The third-order valence-electron chi connectivity index (χ3n) is 2.91. The van der Waals surface area contributed by atoms with E-state index in [0.717, 1.165) is 11.1 Å². The monoisotopic (exact) mass is 342 g/mol. The van der Waals surface area contributed by atoms with Crippen LogP contribution in [0.1, 0.15) is 11.4 Å². The van der Waals surface area contributed by atoms with Gasteiger partial charge in [0.1, 0.15) is 11.6 Å². The molecule has 0 bridgehead atoms. The summed E-state index contributed by atoms with van der Waals surface area (Å²) in [5.41, 5.74) is 2.42. The van der Waals surface area contributed by atoms with E-state index in [1.807, 2.05) is 10.6 Å². The fraction of sp³-hybridized carbons (Fsp3) is 0.154. The van der Waals surface area contributed by atoms with Crippen molar-refractivity contribution in [2.45, 2.75) is 12.4 Å². The van der Waals surface area contributed by atoms with Gasteiger partial charge in [-0.3, -0.25) is 0 Å². The molecule has 2 heterocycles. The van der Waals surface area contributed by atoms with Crippen LogP contribution in [0.5, 0.6) is 0 Å². The molecule has 3 rings (SSSR count). The van der Waals surface area contributed by atoms with Gasteiger partial charge in [0.15, 0.2) is 0 Å². The maximum absolute atomic E-state index is 13.7. The fourth-order valence-corrected chi connectivity index (χ4v) is 2.55. The first-order chi connectivity index (χ1) is 9.19. The van der Waals surface area contributed by atoms with Crippen LogP contribution in [0.4, 0.5) is 4.39 Å². The van der Waals surface area contributed by atoms with Crippen molar-refractivity contribution in [3.05, 3.63) is 52.4 Å². The molecule has 0 unspecified atom stereocenters. The summed E-state index contributed by atoms with van der Waals surface area (Å²) in [7, 11) is 0. The highest BCUT2D eigenvalue weighted by atomic mass is 79.9. The highest BCUT2D eigenvalue weighted by Gasteiger charge is 2.13. The Kier molecular flexibility index (Phi) is 3.33. The predicted octanol–water partition coefficient (Wildman–Crippen LogP) is 4.32. The van der Waals surface area contributed by atoms with Gasteiger partial charge < -0.3 is 8.98 Å². The SMILES string of the molecule is Fc1cc2c(cc1Br)nc(CCl)n2Cc1ccoc1. The van der Waals surface area contributed by atoms with E-state index in [1.54, 1.807) is 18.6 Å². The molecule has 0 amide bonds. The van der Waals surface area contributed by atoms with Crippen LogP contribution in [-0.4, -0.2) is 9.55 Å². The van der Waals surface area contributed by atoms with Gasteiger partial charge in [0.05, 0.1) is 40.5 Å². The summed E-state index contributed by atoms with van der Waals surface area (Å²) in [4.78, 5) is 4.42. The second-order valence-corrected chi connectivity index (χ2v) is 5.26. The minimum Gasteiger partial charge on any atom is -0.472 e. The number of rotatable bonds is 3. The maximum Gasteiger partial charge on any atom is 0.139 e. The van der Waals surface area contributed by atoms with Crippen molar-refractivity contribution in [2.24, 2.45) is 0 Å². The van der Waals surface area contributed by atoms with E-state index >= 15 is 0 Å². The van der Waals surface area contributed by atoms with E-state index in [4.69, 9.17) is 16.0 Å². The Morgan fingerprint density at radius 3 is 2.95 bits per heavy atom. The number of benzene rings is 1. The van der Waals surface area contributed by atoms with Crippen LogP contribution in [-0.2, 0) is 12.4 Å². The van der Waals surface area contributed by atoms with Crippen molar-refractivity contribution in [1.29, 1.82) is 0 Å².